The largest absolute Gasteiger partial charge is 0.236 e. The second-order valence-electron chi connectivity index (χ2n) is 7.88. The third-order valence-electron chi connectivity index (χ3n) is 6.29. The van der Waals surface area contributed by atoms with Crippen LogP contribution in [0.2, 0.25) is 0 Å². The first-order valence-corrected chi connectivity index (χ1v) is 9.37. The molecule has 0 unspecified atom stereocenters. The molecule has 0 N–H and O–H groups in total. The summed E-state index contributed by atoms with van der Waals surface area (Å²) >= 11 is 0. The number of aryl methyl sites for hydroxylation is 1. The standard InChI is InChI=1S/C21H30F.2Y/c1-16-5-11-19(12-6-16)20-13-9-17(10-14-20)7-8-18-3-2-4-21(22)15-18;;/h2-3,15-17,19-20H,5-14H2,1H3;;/q-1;;. The van der Waals surface area contributed by atoms with Gasteiger partial charge in [0.1, 0.15) is 0 Å². The average molecular weight is 479 g/mol. The smallest absolute Gasteiger partial charge is 0.0111 e. The predicted octanol–water partition coefficient (Wildman–Crippen LogP) is 6.19. The van der Waals surface area contributed by atoms with Crippen LogP contribution in [0.5, 0.6) is 0 Å². The van der Waals surface area contributed by atoms with E-state index in [0.717, 1.165) is 35.7 Å². The van der Waals surface area contributed by atoms with E-state index in [1.54, 1.807) is 12.1 Å². The van der Waals surface area contributed by atoms with Gasteiger partial charge in [0.2, 0.25) is 0 Å². The van der Waals surface area contributed by atoms with Crippen molar-refractivity contribution in [1.29, 1.82) is 0 Å². The molecule has 0 amide bonds. The number of halogens is 1. The molecule has 0 heterocycles. The minimum Gasteiger partial charge on any atom is -0.236 e. The minimum absolute atomic E-state index is 0. The van der Waals surface area contributed by atoms with Gasteiger partial charge in [-0.25, -0.2) is 4.39 Å². The maximum absolute atomic E-state index is 13.2. The van der Waals surface area contributed by atoms with Crippen molar-refractivity contribution in [3.63, 3.8) is 0 Å². The molecule has 0 aliphatic heterocycles. The molecule has 2 radical (unpaired) electrons. The SMILES string of the molecule is CC1CCC(C2CCC(CCc3cc[c-]c(F)c3)CC2)CC1.[Y].[Y]. The van der Waals surface area contributed by atoms with Crippen LogP contribution in [0, 0.1) is 35.6 Å². The Bertz CT molecular complexity index is 461. The number of hydrogen-bond acceptors (Lipinski definition) is 0. The summed E-state index contributed by atoms with van der Waals surface area (Å²) in [4.78, 5) is 0. The Morgan fingerprint density at radius 2 is 1.54 bits per heavy atom. The van der Waals surface area contributed by atoms with Crippen LogP contribution in [0.3, 0.4) is 0 Å². The monoisotopic (exact) mass is 479 g/mol. The summed E-state index contributed by atoms with van der Waals surface area (Å²) in [6, 6.07) is 7.96. The molecular weight excluding hydrogens is 449 g/mol. The summed E-state index contributed by atoms with van der Waals surface area (Å²) < 4.78 is 13.2. The quantitative estimate of drug-likeness (QED) is 0.453. The van der Waals surface area contributed by atoms with Gasteiger partial charge >= 0.3 is 0 Å². The second kappa shape index (κ2) is 11.9. The number of rotatable bonds is 4. The van der Waals surface area contributed by atoms with E-state index in [4.69, 9.17) is 0 Å². The first-order chi connectivity index (χ1) is 10.7. The van der Waals surface area contributed by atoms with E-state index in [9.17, 15) is 4.39 Å². The summed E-state index contributed by atoms with van der Waals surface area (Å²) in [5.41, 5.74) is 1.14. The molecule has 128 valence electrons. The van der Waals surface area contributed by atoms with Gasteiger partial charge in [-0.3, -0.25) is 0 Å². The molecule has 2 saturated carbocycles. The van der Waals surface area contributed by atoms with Crippen molar-refractivity contribution in [3.8, 4) is 0 Å². The molecule has 0 spiro atoms. The fourth-order valence-corrected chi connectivity index (χ4v) is 4.71. The van der Waals surface area contributed by atoms with Gasteiger partial charge in [0.25, 0.3) is 0 Å². The fourth-order valence-electron chi connectivity index (χ4n) is 4.71. The Kier molecular flexibility index (Phi) is 11.6. The molecule has 0 nitrogen and oxygen atoms in total. The molecule has 24 heavy (non-hydrogen) atoms. The van der Waals surface area contributed by atoms with Gasteiger partial charge in [-0.15, -0.1) is 12.1 Å². The Morgan fingerprint density at radius 1 is 0.958 bits per heavy atom. The van der Waals surface area contributed by atoms with Gasteiger partial charge < -0.3 is 0 Å². The van der Waals surface area contributed by atoms with Gasteiger partial charge in [-0.2, -0.15) is 17.7 Å². The van der Waals surface area contributed by atoms with E-state index >= 15 is 0 Å². The van der Waals surface area contributed by atoms with Crippen LogP contribution in [-0.2, 0) is 71.8 Å². The topological polar surface area (TPSA) is 0 Å². The zero-order valence-electron chi connectivity index (χ0n) is 15.1. The van der Waals surface area contributed by atoms with Gasteiger partial charge in [0.05, 0.1) is 0 Å². The maximum Gasteiger partial charge on any atom is 0.0111 e. The fraction of sp³-hybridized carbons (Fsp3) is 0.714. The zero-order valence-corrected chi connectivity index (χ0v) is 20.8. The minimum atomic E-state index is -0.215. The van der Waals surface area contributed by atoms with E-state index in [-0.39, 0.29) is 71.2 Å². The van der Waals surface area contributed by atoms with Gasteiger partial charge in [0.15, 0.2) is 0 Å². The summed E-state index contributed by atoms with van der Waals surface area (Å²) in [5, 5.41) is 0. The van der Waals surface area contributed by atoms with Gasteiger partial charge in [-0.05, 0) is 55.8 Å². The molecule has 2 aliphatic carbocycles. The van der Waals surface area contributed by atoms with Crippen molar-refractivity contribution in [2.75, 3.05) is 0 Å². The first kappa shape index (κ1) is 23.4. The van der Waals surface area contributed by atoms with Crippen LogP contribution >= 0.6 is 0 Å². The molecule has 2 aliphatic rings. The molecule has 0 saturated heterocycles. The van der Waals surface area contributed by atoms with Crippen LogP contribution in [-0.4, -0.2) is 0 Å². The molecule has 3 rings (SSSR count). The molecule has 0 aromatic heterocycles. The van der Waals surface area contributed by atoms with E-state index in [1.807, 2.05) is 6.07 Å². The third-order valence-corrected chi connectivity index (χ3v) is 6.29. The predicted molar refractivity (Wildman–Crippen MR) is 90.1 cm³/mol. The van der Waals surface area contributed by atoms with Crippen molar-refractivity contribution in [2.45, 2.75) is 71.1 Å². The van der Waals surface area contributed by atoms with Crippen molar-refractivity contribution in [1.82, 2.24) is 0 Å². The van der Waals surface area contributed by atoms with E-state index in [1.165, 1.54) is 57.8 Å². The van der Waals surface area contributed by atoms with Gasteiger partial charge in [-0.1, -0.05) is 39.0 Å². The summed E-state index contributed by atoms with van der Waals surface area (Å²) in [6.45, 7) is 2.41. The summed E-state index contributed by atoms with van der Waals surface area (Å²) in [7, 11) is 0. The van der Waals surface area contributed by atoms with Crippen molar-refractivity contribution in [2.24, 2.45) is 23.7 Å². The van der Waals surface area contributed by atoms with E-state index in [0.29, 0.717) is 0 Å². The average Bonchev–Trinajstić information content (AvgIpc) is 2.54. The number of benzene rings is 1. The van der Waals surface area contributed by atoms with E-state index < -0.39 is 0 Å². The van der Waals surface area contributed by atoms with Crippen LogP contribution in [0.4, 0.5) is 4.39 Å². The Labute approximate surface area is 198 Å². The number of hydrogen-bond donors (Lipinski definition) is 0. The molecule has 1 aromatic rings. The molecule has 1 aromatic carbocycles. The van der Waals surface area contributed by atoms with Crippen molar-refractivity contribution >= 4 is 0 Å². The summed E-state index contributed by atoms with van der Waals surface area (Å²) in [5.74, 6) is 3.65. The van der Waals surface area contributed by atoms with Gasteiger partial charge in [0, 0.05) is 71.2 Å². The Morgan fingerprint density at radius 3 is 2.12 bits per heavy atom. The van der Waals surface area contributed by atoms with Crippen molar-refractivity contribution in [3.05, 3.63) is 35.6 Å². The molecule has 0 atom stereocenters. The molecule has 2 fully saturated rings. The molecule has 3 heteroatoms. The van der Waals surface area contributed by atoms with Crippen LogP contribution in [0.1, 0.15) is 70.3 Å². The van der Waals surface area contributed by atoms with Crippen LogP contribution < -0.4 is 0 Å². The first-order valence-electron chi connectivity index (χ1n) is 9.37. The normalized spacial score (nSPS) is 30.1. The second-order valence-corrected chi connectivity index (χ2v) is 7.88. The summed E-state index contributed by atoms with van der Waals surface area (Å²) in [6.07, 6.45) is 13.8. The third kappa shape index (κ3) is 7.17. The Hall–Kier alpha value is 1.36. The molecule has 0 bridgehead atoms. The van der Waals surface area contributed by atoms with Crippen molar-refractivity contribution < 1.29 is 69.8 Å². The van der Waals surface area contributed by atoms with E-state index in [2.05, 4.69) is 13.0 Å². The van der Waals surface area contributed by atoms with Crippen LogP contribution in [0.15, 0.2) is 18.2 Å². The van der Waals surface area contributed by atoms with Crippen LogP contribution in [0.25, 0.3) is 0 Å². The Balaban J connectivity index is 0.00000144. The molecular formula is C21H30FY2-. The zero-order chi connectivity index (χ0) is 15.4. The maximum atomic E-state index is 13.2.